The number of esters is 4. The molecule has 89 heavy (non-hydrogen) atoms. The number of aliphatic hydroxyl groups excluding tert-OH is 1. The molecule has 0 rings (SSSR count). The van der Waals surface area contributed by atoms with Crippen molar-refractivity contribution < 1.29 is 80.2 Å². The second-order valence-electron chi connectivity index (χ2n) is 25.5. The lowest BCUT2D eigenvalue weighted by Crippen LogP contribution is -2.30. The van der Waals surface area contributed by atoms with Gasteiger partial charge in [0, 0.05) is 25.7 Å². The van der Waals surface area contributed by atoms with Crippen molar-refractivity contribution in [2.45, 2.75) is 380 Å². The Hall–Kier alpha value is -1.94. The quantitative estimate of drug-likeness (QED) is 0.0222. The predicted octanol–water partition coefficient (Wildman–Crippen LogP) is 20.1. The van der Waals surface area contributed by atoms with Crippen LogP contribution in [0.3, 0.4) is 0 Å². The Balaban J connectivity index is 5.22. The van der Waals surface area contributed by atoms with Gasteiger partial charge in [0.25, 0.3) is 0 Å². The third-order valence-electron chi connectivity index (χ3n) is 16.6. The minimum absolute atomic E-state index is 0.103. The summed E-state index contributed by atoms with van der Waals surface area (Å²) in [5, 5.41) is 10.6. The maximum atomic E-state index is 13.0. The number of carbonyl (C=O) groups is 4. The summed E-state index contributed by atoms with van der Waals surface area (Å²) in [7, 11) is -9.89. The van der Waals surface area contributed by atoms with Crippen LogP contribution in [0.2, 0.25) is 0 Å². The fraction of sp³-hybridized carbons (Fsp3) is 0.943. The highest BCUT2D eigenvalue weighted by molar-refractivity contribution is 7.47. The van der Waals surface area contributed by atoms with Gasteiger partial charge < -0.3 is 33.8 Å². The normalized spacial score (nSPS) is 14.4. The molecule has 3 N–H and O–H groups in total. The van der Waals surface area contributed by atoms with E-state index in [1.807, 2.05) is 0 Å². The van der Waals surface area contributed by atoms with Crippen LogP contribution in [0.4, 0.5) is 0 Å². The van der Waals surface area contributed by atoms with E-state index in [1.54, 1.807) is 0 Å². The Morgan fingerprint density at radius 3 is 0.798 bits per heavy atom. The molecule has 0 fully saturated rings. The SMILES string of the molecule is CCCCCCCCCCCCCCCCCCC(=O)O[C@H](COC(=O)CCCCCCCCCCCCCCCCC)COP(=O)(O)OC[C@@H](O)COP(=O)(O)OC[C@@H](COC(=O)CCCCCCCCCC)OC(=O)CCCCCCCCC(C)CC. The van der Waals surface area contributed by atoms with E-state index in [1.165, 1.54) is 180 Å². The Morgan fingerprint density at radius 1 is 0.315 bits per heavy atom. The van der Waals surface area contributed by atoms with Gasteiger partial charge in [-0.3, -0.25) is 37.3 Å². The molecule has 0 aliphatic heterocycles. The van der Waals surface area contributed by atoms with Crippen molar-refractivity contribution in [2.24, 2.45) is 5.92 Å². The van der Waals surface area contributed by atoms with Gasteiger partial charge >= 0.3 is 39.5 Å². The van der Waals surface area contributed by atoms with Crippen LogP contribution in [0.1, 0.15) is 362 Å². The van der Waals surface area contributed by atoms with Crippen molar-refractivity contribution in [3.63, 3.8) is 0 Å². The molecule has 0 aromatic carbocycles. The van der Waals surface area contributed by atoms with Gasteiger partial charge in [0.15, 0.2) is 12.2 Å². The molecule has 528 valence electrons. The van der Waals surface area contributed by atoms with Crippen LogP contribution >= 0.6 is 15.6 Å². The summed E-state index contributed by atoms with van der Waals surface area (Å²) < 4.78 is 68.2. The molecule has 0 saturated heterocycles. The number of carbonyl (C=O) groups excluding carboxylic acids is 4. The van der Waals surface area contributed by atoms with Crippen LogP contribution in [0.15, 0.2) is 0 Å². The molecule has 0 heterocycles. The van der Waals surface area contributed by atoms with Crippen molar-refractivity contribution in [3.8, 4) is 0 Å². The largest absolute Gasteiger partial charge is 0.472 e. The third kappa shape index (κ3) is 63.2. The van der Waals surface area contributed by atoms with Crippen LogP contribution in [-0.2, 0) is 65.4 Å². The van der Waals surface area contributed by atoms with Gasteiger partial charge in [-0.15, -0.1) is 0 Å². The molecule has 0 amide bonds. The zero-order chi connectivity index (χ0) is 65.6. The van der Waals surface area contributed by atoms with Crippen molar-refractivity contribution >= 4 is 39.5 Å². The topological polar surface area (TPSA) is 237 Å². The molecule has 0 bridgehead atoms. The summed E-state index contributed by atoms with van der Waals surface area (Å²) in [4.78, 5) is 72.4. The van der Waals surface area contributed by atoms with E-state index in [2.05, 4.69) is 34.6 Å². The smallest absolute Gasteiger partial charge is 0.462 e. The van der Waals surface area contributed by atoms with E-state index in [9.17, 15) is 43.2 Å². The summed E-state index contributed by atoms with van der Waals surface area (Å²) in [6.07, 6.45) is 50.0. The van der Waals surface area contributed by atoms with E-state index in [0.717, 1.165) is 102 Å². The van der Waals surface area contributed by atoms with Crippen LogP contribution in [0, 0.1) is 5.92 Å². The maximum absolute atomic E-state index is 13.0. The van der Waals surface area contributed by atoms with Crippen LogP contribution in [0.25, 0.3) is 0 Å². The molecule has 0 spiro atoms. The van der Waals surface area contributed by atoms with E-state index >= 15 is 0 Å². The number of unbranched alkanes of at least 4 members (excludes halogenated alkanes) is 41. The van der Waals surface area contributed by atoms with Crippen LogP contribution in [0.5, 0.6) is 0 Å². The van der Waals surface area contributed by atoms with E-state index in [-0.39, 0.29) is 25.7 Å². The second kappa shape index (κ2) is 63.5. The monoisotopic (exact) mass is 1310 g/mol. The Labute approximate surface area is 543 Å². The maximum Gasteiger partial charge on any atom is 0.472 e. The third-order valence-corrected chi connectivity index (χ3v) is 18.5. The van der Waals surface area contributed by atoms with Crippen molar-refractivity contribution in [1.82, 2.24) is 0 Å². The van der Waals surface area contributed by atoms with Crippen molar-refractivity contribution in [2.75, 3.05) is 39.6 Å². The van der Waals surface area contributed by atoms with Gasteiger partial charge in [0.2, 0.25) is 0 Å². The molecule has 0 radical (unpaired) electrons. The number of hydrogen-bond acceptors (Lipinski definition) is 15. The summed E-state index contributed by atoms with van der Waals surface area (Å²) in [6.45, 7) is 7.18. The molecule has 3 unspecified atom stereocenters. The second-order valence-corrected chi connectivity index (χ2v) is 28.4. The first-order valence-electron chi connectivity index (χ1n) is 36.7. The van der Waals surface area contributed by atoms with E-state index < -0.39 is 97.5 Å². The van der Waals surface area contributed by atoms with Gasteiger partial charge in [-0.25, -0.2) is 9.13 Å². The molecule has 0 aliphatic rings. The number of phosphoric acid groups is 2. The zero-order valence-corrected chi connectivity index (χ0v) is 59.4. The standard InChI is InChI=1S/C70H136O17P2/c1-6-10-13-16-19-22-24-26-28-30-32-34-36-39-45-50-55-69(74)86-65(59-81-68(73)54-49-44-38-35-33-31-29-27-25-23-20-17-14-11-7-2)61-84-88(76,77)82-57-64(71)58-83-89(78,79)85-62-66(60-80-67(72)53-48-43-37-21-18-15-12-8-3)87-70(75)56-51-46-41-40-42-47-52-63(5)9-4/h63-66,71H,6-62H2,1-5H3,(H,76,77)(H,78,79)/t63?,64-,65-,66-/m1/s1. The average molecular weight is 1310 g/mol. The molecule has 17 nitrogen and oxygen atoms in total. The van der Waals surface area contributed by atoms with Gasteiger partial charge in [0.1, 0.15) is 19.3 Å². The number of phosphoric ester groups is 2. The van der Waals surface area contributed by atoms with Crippen LogP contribution < -0.4 is 0 Å². The minimum atomic E-state index is -4.95. The summed E-state index contributed by atoms with van der Waals surface area (Å²) >= 11 is 0. The zero-order valence-electron chi connectivity index (χ0n) is 57.6. The molecule has 0 aliphatic carbocycles. The van der Waals surface area contributed by atoms with E-state index in [0.29, 0.717) is 25.7 Å². The Morgan fingerprint density at radius 2 is 0.539 bits per heavy atom. The van der Waals surface area contributed by atoms with Gasteiger partial charge in [-0.1, -0.05) is 311 Å². The fourth-order valence-electron chi connectivity index (χ4n) is 10.6. The van der Waals surface area contributed by atoms with Crippen LogP contribution in [-0.4, -0.2) is 96.7 Å². The molecule has 6 atom stereocenters. The molecular formula is C70H136O17P2. The molecule has 0 saturated carbocycles. The lowest BCUT2D eigenvalue weighted by molar-refractivity contribution is -0.161. The summed E-state index contributed by atoms with van der Waals surface area (Å²) in [5.41, 5.74) is 0. The average Bonchev–Trinajstić information content (AvgIpc) is 3.59. The number of ether oxygens (including phenoxy) is 4. The molecule has 0 aromatic rings. The highest BCUT2D eigenvalue weighted by Gasteiger charge is 2.30. The molecule has 0 aromatic heterocycles. The Kier molecular flexibility index (Phi) is 62.1. The predicted molar refractivity (Wildman–Crippen MR) is 358 cm³/mol. The van der Waals surface area contributed by atoms with E-state index in [4.69, 9.17) is 37.0 Å². The summed E-state index contributed by atoms with van der Waals surface area (Å²) in [5.74, 6) is -1.41. The number of aliphatic hydroxyl groups is 1. The van der Waals surface area contributed by atoms with Gasteiger partial charge in [0.05, 0.1) is 26.4 Å². The van der Waals surface area contributed by atoms with Gasteiger partial charge in [-0.05, 0) is 31.6 Å². The Bertz CT molecular complexity index is 1720. The molecular weight excluding hydrogens is 1170 g/mol. The van der Waals surface area contributed by atoms with Gasteiger partial charge in [-0.2, -0.15) is 0 Å². The number of hydrogen-bond donors (Lipinski definition) is 3. The summed E-state index contributed by atoms with van der Waals surface area (Å²) in [6, 6.07) is 0. The number of rotatable bonds is 70. The fourth-order valence-corrected chi connectivity index (χ4v) is 12.2. The lowest BCUT2D eigenvalue weighted by Gasteiger charge is -2.21. The van der Waals surface area contributed by atoms with Crippen molar-refractivity contribution in [1.29, 1.82) is 0 Å². The van der Waals surface area contributed by atoms with Crippen molar-refractivity contribution in [3.05, 3.63) is 0 Å². The highest BCUT2D eigenvalue weighted by Crippen LogP contribution is 2.45. The minimum Gasteiger partial charge on any atom is -0.462 e. The highest BCUT2D eigenvalue weighted by atomic mass is 31.2. The first-order chi connectivity index (χ1) is 43.1. The molecule has 19 heteroatoms. The first kappa shape index (κ1) is 87.1. The first-order valence-corrected chi connectivity index (χ1v) is 39.7. The lowest BCUT2D eigenvalue weighted by atomic mass is 10.00.